The first-order valence-electron chi connectivity index (χ1n) is 10.6. The summed E-state index contributed by atoms with van der Waals surface area (Å²) in [6, 6.07) is 1.75. The topological polar surface area (TPSA) is 96.0 Å². The van der Waals surface area contributed by atoms with Gasteiger partial charge < -0.3 is 10.1 Å². The van der Waals surface area contributed by atoms with E-state index in [9.17, 15) is 18.0 Å². The van der Waals surface area contributed by atoms with Crippen LogP contribution >= 0.6 is 11.3 Å². The van der Waals surface area contributed by atoms with Crippen LogP contribution in [0.1, 0.15) is 54.6 Å². The molecule has 8 nitrogen and oxygen atoms in total. The third kappa shape index (κ3) is 5.60. The highest BCUT2D eigenvalue weighted by Gasteiger charge is 2.31. The molecule has 1 amide bonds. The lowest BCUT2D eigenvalue weighted by molar-refractivity contribution is -0.122. The molecular weight excluding hydrogens is 426 g/mol. The minimum Gasteiger partial charge on any atom is -0.465 e. The Balaban J connectivity index is 1.74. The molecule has 0 bridgehead atoms. The maximum Gasteiger partial charge on any atom is 0.349 e. The standard InChI is InChI=1S/C20H31N3O5S2/c1-28-20(25)19-17(8-14-29-19)30(26,27)23-12-5-4-11-22-10-3-2-7-16(22)15-18(24)21-9-6-13-23/h8,14,16H,2-7,9-13,15H2,1H3,(H,21,24). The Morgan fingerprint density at radius 2 is 1.83 bits per heavy atom. The highest BCUT2D eigenvalue weighted by Crippen LogP contribution is 2.27. The Labute approximate surface area is 182 Å². The molecule has 3 rings (SSSR count). The quantitative estimate of drug-likeness (QED) is 0.698. The molecule has 0 aromatic carbocycles. The van der Waals surface area contributed by atoms with Gasteiger partial charge in [0, 0.05) is 32.1 Å². The van der Waals surface area contributed by atoms with Crippen LogP contribution in [0, 0.1) is 0 Å². The smallest absolute Gasteiger partial charge is 0.349 e. The van der Waals surface area contributed by atoms with Crippen molar-refractivity contribution < 1.29 is 22.7 Å². The van der Waals surface area contributed by atoms with E-state index in [-0.39, 0.29) is 21.7 Å². The molecule has 0 aliphatic carbocycles. The second-order valence-corrected chi connectivity index (χ2v) is 10.6. The monoisotopic (exact) mass is 457 g/mol. The van der Waals surface area contributed by atoms with E-state index in [4.69, 9.17) is 4.74 Å². The molecule has 1 atom stereocenters. The summed E-state index contributed by atoms with van der Waals surface area (Å²) < 4.78 is 32.8. The predicted molar refractivity (Wildman–Crippen MR) is 115 cm³/mol. The molecule has 30 heavy (non-hydrogen) atoms. The molecular formula is C20H31N3O5S2. The van der Waals surface area contributed by atoms with Crippen LogP contribution in [-0.4, -0.2) is 75.4 Å². The van der Waals surface area contributed by atoms with Gasteiger partial charge in [-0.3, -0.25) is 9.69 Å². The summed E-state index contributed by atoms with van der Waals surface area (Å²) in [5.41, 5.74) is 0. The molecule has 3 heterocycles. The Morgan fingerprint density at radius 3 is 2.60 bits per heavy atom. The van der Waals surface area contributed by atoms with Crippen LogP contribution < -0.4 is 5.32 Å². The molecule has 1 aromatic heterocycles. The van der Waals surface area contributed by atoms with Crippen molar-refractivity contribution in [3.63, 3.8) is 0 Å². The fourth-order valence-corrected chi connectivity index (χ4v) is 7.02. The van der Waals surface area contributed by atoms with E-state index in [1.165, 1.54) is 17.5 Å². The number of carbonyl (C=O) groups is 2. The molecule has 2 fully saturated rings. The van der Waals surface area contributed by atoms with Crippen molar-refractivity contribution >= 4 is 33.2 Å². The number of nitrogens with one attached hydrogen (secondary N) is 1. The fourth-order valence-electron chi connectivity index (χ4n) is 4.19. The first kappa shape index (κ1) is 23.2. The van der Waals surface area contributed by atoms with Gasteiger partial charge in [-0.05, 0) is 56.6 Å². The molecule has 0 radical (unpaired) electrons. The molecule has 168 valence electrons. The van der Waals surface area contributed by atoms with Gasteiger partial charge in [-0.2, -0.15) is 4.31 Å². The van der Waals surface area contributed by atoms with E-state index in [0.29, 0.717) is 32.5 Å². The van der Waals surface area contributed by atoms with Gasteiger partial charge in [-0.1, -0.05) is 6.42 Å². The summed E-state index contributed by atoms with van der Waals surface area (Å²) >= 11 is 1.07. The van der Waals surface area contributed by atoms with Crippen LogP contribution in [0.4, 0.5) is 0 Å². The second kappa shape index (κ2) is 10.7. The lowest BCUT2D eigenvalue weighted by Gasteiger charge is -2.35. The van der Waals surface area contributed by atoms with E-state index in [0.717, 1.165) is 56.5 Å². The maximum absolute atomic E-state index is 13.3. The molecule has 2 aliphatic rings. The average molecular weight is 458 g/mol. The molecule has 1 aromatic rings. The fraction of sp³-hybridized carbons (Fsp3) is 0.700. The van der Waals surface area contributed by atoms with Crippen molar-refractivity contribution in [3.05, 3.63) is 16.3 Å². The zero-order valence-electron chi connectivity index (χ0n) is 17.5. The maximum atomic E-state index is 13.3. The Hall–Kier alpha value is -1.49. The van der Waals surface area contributed by atoms with Crippen LogP contribution in [0.25, 0.3) is 0 Å². The lowest BCUT2D eigenvalue weighted by atomic mass is 9.98. The van der Waals surface area contributed by atoms with E-state index >= 15 is 0 Å². The number of thiophene rings is 1. The molecule has 2 aliphatic heterocycles. The predicted octanol–water partition coefficient (Wildman–Crippen LogP) is 2.07. The van der Waals surface area contributed by atoms with Gasteiger partial charge in [0.15, 0.2) is 0 Å². The van der Waals surface area contributed by atoms with Crippen LogP contribution in [0.2, 0.25) is 0 Å². The van der Waals surface area contributed by atoms with E-state index in [1.807, 2.05) is 0 Å². The highest BCUT2D eigenvalue weighted by atomic mass is 32.2. The van der Waals surface area contributed by atoms with Crippen molar-refractivity contribution in [1.82, 2.24) is 14.5 Å². The highest BCUT2D eigenvalue weighted by molar-refractivity contribution is 7.89. The molecule has 1 N–H and O–H groups in total. The molecule has 2 saturated heterocycles. The third-order valence-corrected chi connectivity index (χ3v) is 8.76. The average Bonchev–Trinajstić information content (AvgIpc) is 3.23. The van der Waals surface area contributed by atoms with Gasteiger partial charge in [0.2, 0.25) is 15.9 Å². The van der Waals surface area contributed by atoms with E-state index in [1.54, 1.807) is 5.38 Å². The van der Waals surface area contributed by atoms with Crippen molar-refractivity contribution in [2.75, 3.05) is 39.8 Å². The summed E-state index contributed by atoms with van der Waals surface area (Å²) in [6.07, 6.45) is 5.99. The minimum atomic E-state index is -3.82. The van der Waals surface area contributed by atoms with Crippen molar-refractivity contribution in [2.45, 2.75) is 55.9 Å². The van der Waals surface area contributed by atoms with Gasteiger partial charge in [-0.25, -0.2) is 13.2 Å². The molecule has 0 saturated carbocycles. The lowest BCUT2D eigenvalue weighted by Crippen LogP contribution is -2.43. The number of hydrogen-bond acceptors (Lipinski definition) is 7. The Bertz CT molecular complexity index is 839. The van der Waals surface area contributed by atoms with Gasteiger partial charge in [0.1, 0.15) is 9.77 Å². The Morgan fingerprint density at radius 1 is 1.13 bits per heavy atom. The number of rotatable bonds is 3. The van der Waals surface area contributed by atoms with Gasteiger partial charge in [-0.15, -0.1) is 11.3 Å². The number of methoxy groups -OCH3 is 1. The third-order valence-electron chi connectivity index (χ3n) is 5.80. The van der Waals surface area contributed by atoms with Crippen molar-refractivity contribution in [2.24, 2.45) is 0 Å². The number of sulfonamides is 1. The summed E-state index contributed by atoms with van der Waals surface area (Å²) in [5.74, 6) is -0.607. The molecule has 10 heteroatoms. The van der Waals surface area contributed by atoms with E-state index in [2.05, 4.69) is 10.2 Å². The van der Waals surface area contributed by atoms with Gasteiger partial charge in [0.05, 0.1) is 7.11 Å². The van der Waals surface area contributed by atoms with Crippen LogP contribution in [0.15, 0.2) is 16.3 Å². The minimum absolute atomic E-state index is 0.00352. The number of nitrogens with zero attached hydrogens (tertiary/aromatic N) is 2. The molecule has 1 unspecified atom stereocenters. The van der Waals surface area contributed by atoms with Gasteiger partial charge in [0.25, 0.3) is 0 Å². The summed E-state index contributed by atoms with van der Waals surface area (Å²) in [4.78, 5) is 26.8. The van der Waals surface area contributed by atoms with E-state index < -0.39 is 16.0 Å². The number of fused-ring (bicyclic) bond motifs is 1. The Kier molecular flexibility index (Phi) is 8.27. The normalized spacial score (nSPS) is 23.4. The van der Waals surface area contributed by atoms with Crippen LogP contribution in [0.3, 0.4) is 0 Å². The first-order chi connectivity index (χ1) is 14.4. The van der Waals surface area contributed by atoms with Crippen molar-refractivity contribution in [3.8, 4) is 0 Å². The first-order valence-corrected chi connectivity index (χ1v) is 12.9. The van der Waals surface area contributed by atoms with Gasteiger partial charge >= 0.3 is 5.97 Å². The zero-order valence-corrected chi connectivity index (χ0v) is 19.1. The largest absolute Gasteiger partial charge is 0.465 e. The number of hydrogen-bond donors (Lipinski definition) is 1. The van der Waals surface area contributed by atoms with Crippen LogP contribution in [-0.2, 0) is 19.6 Å². The summed E-state index contributed by atoms with van der Waals surface area (Å²) in [7, 11) is -2.58. The number of amides is 1. The molecule has 0 spiro atoms. The van der Waals surface area contributed by atoms with Crippen molar-refractivity contribution in [1.29, 1.82) is 0 Å². The zero-order chi connectivity index (χ0) is 21.6. The number of carbonyl (C=O) groups excluding carboxylic acids is 2. The summed E-state index contributed by atoms with van der Waals surface area (Å²) in [6.45, 7) is 3.00. The number of ether oxygens (including phenoxy) is 1. The summed E-state index contributed by atoms with van der Waals surface area (Å²) in [5, 5.41) is 4.53. The van der Waals surface area contributed by atoms with Crippen LogP contribution in [0.5, 0.6) is 0 Å². The number of piperidine rings is 1. The second-order valence-electron chi connectivity index (χ2n) is 7.81. The number of esters is 1. The SMILES string of the molecule is COC(=O)c1sccc1S(=O)(=O)N1CCCCN2CCCCC2CC(=O)NCCC1.